The molecule has 0 aliphatic carbocycles. The fourth-order valence-corrected chi connectivity index (χ4v) is 2.35. The standard InChI is InChI=1S/C9H7ClFNS/c10-4-6-2-1-5-3-7(11)13-9(5)8(6)12/h1-3H,4,12H2. The van der Waals surface area contributed by atoms with Crippen molar-refractivity contribution >= 4 is 38.7 Å². The Morgan fingerprint density at radius 1 is 1.46 bits per heavy atom. The van der Waals surface area contributed by atoms with E-state index in [-0.39, 0.29) is 5.13 Å². The van der Waals surface area contributed by atoms with E-state index in [1.54, 1.807) is 0 Å². The van der Waals surface area contributed by atoms with Crippen LogP contribution in [-0.4, -0.2) is 0 Å². The van der Waals surface area contributed by atoms with Gasteiger partial charge in [0.2, 0.25) is 0 Å². The molecule has 0 radical (unpaired) electrons. The summed E-state index contributed by atoms with van der Waals surface area (Å²) in [6.07, 6.45) is 0. The molecule has 0 amide bonds. The van der Waals surface area contributed by atoms with Crippen LogP contribution in [0.15, 0.2) is 18.2 Å². The highest BCUT2D eigenvalue weighted by atomic mass is 35.5. The van der Waals surface area contributed by atoms with Crippen LogP contribution in [0.3, 0.4) is 0 Å². The lowest BCUT2D eigenvalue weighted by atomic mass is 10.1. The van der Waals surface area contributed by atoms with Gasteiger partial charge < -0.3 is 5.73 Å². The van der Waals surface area contributed by atoms with Crippen LogP contribution in [0.2, 0.25) is 0 Å². The highest BCUT2D eigenvalue weighted by molar-refractivity contribution is 7.18. The zero-order valence-corrected chi connectivity index (χ0v) is 8.25. The second-order valence-corrected chi connectivity index (χ2v) is 4.01. The molecule has 2 N–H and O–H groups in total. The van der Waals surface area contributed by atoms with E-state index in [0.29, 0.717) is 11.6 Å². The molecule has 0 spiro atoms. The summed E-state index contributed by atoms with van der Waals surface area (Å²) in [7, 11) is 0. The van der Waals surface area contributed by atoms with Crippen LogP contribution in [0.4, 0.5) is 10.1 Å². The van der Waals surface area contributed by atoms with Crippen molar-refractivity contribution in [2.45, 2.75) is 5.88 Å². The molecule has 0 fully saturated rings. The van der Waals surface area contributed by atoms with Crippen molar-refractivity contribution in [3.63, 3.8) is 0 Å². The van der Waals surface area contributed by atoms with Gasteiger partial charge in [-0.2, -0.15) is 4.39 Å². The Bertz CT molecular complexity index is 452. The van der Waals surface area contributed by atoms with Crippen LogP contribution >= 0.6 is 22.9 Å². The maximum absolute atomic E-state index is 12.9. The van der Waals surface area contributed by atoms with E-state index in [4.69, 9.17) is 17.3 Å². The predicted octanol–water partition coefficient (Wildman–Crippen LogP) is 3.36. The van der Waals surface area contributed by atoms with Gasteiger partial charge in [-0.3, -0.25) is 0 Å². The summed E-state index contributed by atoms with van der Waals surface area (Å²) in [5.74, 6) is 0.362. The van der Waals surface area contributed by atoms with Gasteiger partial charge in [0.25, 0.3) is 0 Å². The van der Waals surface area contributed by atoms with E-state index in [0.717, 1.165) is 27.0 Å². The molecule has 0 aliphatic rings. The van der Waals surface area contributed by atoms with Crippen molar-refractivity contribution in [3.05, 3.63) is 28.9 Å². The number of benzene rings is 1. The molecule has 1 nitrogen and oxygen atoms in total. The molecular formula is C9H7ClFNS. The summed E-state index contributed by atoms with van der Waals surface area (Å²) in [4.78, 5) is 0. The van der Waals surface area contributed by atoms with Crippen molar-refractivity contribution in [2.75, 3.05) is 5.73 Å². The van der Waals surface area contributed by atoms with Gasteiger partial charge in [0.1, 0.15) is 0 Å². The van der Waals surface area contributed by atoms with Gasteiger partial charge in [-0.1, -0.05) is 12.1 Å². The topological polar surface area (TPSA) is 26.0 Å². The molecule has 4 heteroatoms. The number of nitrogen functional groups attached to an aromatic ring is 1. The normalized spacial score (nSPS) is 10.9. The van der Waals surface area contributed by atoms with E-state index in [1.165, 1.54) is 6.07 Å². The Hall–Kier alpha value is -0.800. The Morgan fingerprint density at radius 2 is 2.23 bits per heavy atom. The molecule has 1 aromatic carbocycles. The first kappa shape index (κ1) is 8.78. The number of thiophene rings is 1. The van der Waals surface area contributed by atoms with Crippen LogP contribution in [0.1, 0.15) is 5.56 Å². The van der Waals surface area contributed by atoms with E-state index in [2.05, 4.69) is 0 Å². The summed E-state index contributed by atoms with van der Waals surface area (Å²) in [6, 6.07) is 5.15. The van der Waals surface area contributed by atoms with E-state index in [9.17, 15) is 4.39 Å². The smallest absolute Gasteiger partial charge is 0.177 e. The molecule has 1 aromatic heterocycles. The van der Waals surface area contributed by atoms with E-state index < -0.39 is 0 Å². The minimum atomic E-state index is -0.214. The Kier molecular flexibility index (Phi) is 2.14. The van der Waals surface area contributed by atoms with Gasteiger partial charge in [-0.25, -0.2) is 0 Å². The monoisotopic (exact) mass is 215 g/mol. The van der Waals surface area contributed by atoms with Crippen LogP contribution < -0.4 is 5.73 Å². The van der Waals surface area contributed by atoms with Crippen LogP contribution in [-0.2, 0) is 5.88 Å². The largest absolute Gasteiger partial charge is 0.397 e. The van der Waals surface area contributed by atoms with E-state index in [1.807, 2.05) is 12.1 Å². The predicted molar refractivity (Wildman–Crippen MR) is 55.8 cm³/mol. The molecule has 1 heterocycles. The van der Waals surface area contributed by atoms with Crippen molar-refractivity contribution in [1.82, 2.24) is 0 Å². The van der Waals surface area contributed by atoms with Gasteiger partial charge in [0.05, 0.1) is 10.4 Å². The second kappa shape index (κ2) is 3.16. The first-order valence-corrected chi connectivity index (χ1v) is 5.10. The third-order valence-corrected chi connectivity index (χ3v) is 3.19. The lowest BCUT2D eigenvalue weighted by Crippen LogP contribution is -1.90. The molecule has 13 heavy (non-hydrogen) atoms. The molecule has 0 aliphatic heterocycles. The zero-order chi connectivity index (χ0) is 9.42. The van der Waals surface area contributed by atoms with Gasteiger partial charge in [0.15, 0.2) is 5.13 Å². The van der Waals surface area contributed by atoms with E-state index >= 15 is 0 Å². The number of hydrogen-bond acceptors (Lipinski definition) is 2. The third-order valence-electron chi connectivity index (χ3n) is 1.93. The minimum absolute atomic E-state index is 0.214. The summed E-state index contributed by atoms with van der Waals surface area (Å²) in [6.45, 7) is 0. The van der Waals surface area contributed by atoms with Crippen molar-refractivity contribution < 1.29 is 4.39 Å². The first-order valence-electron chi connectivity index (χ1n) is 3.74. The molecule has 2 rings (SSSR count). The number of anilines is 1. The maximum atomic E-state index is 12.9. The maximum Gasteiger partial charge on any atom is 0.177 e. The highest BCUT2D eigenvalue weighted by Gasteiger charge is 2.07. The first-order chi connectivity index (χ1) is 6.22. The molecule has 68 valence electrons. The van der Waals surface area contributed by atoms with Gasteiger partial charge >= 0.3 is 0 Å². The average molecular weight is 216 g/mol. The summed E-state index contributed by atoms with van der Waals surface area (Å²) < 4.78 is 13.7. The number of hydrogen-bond donors (Lipinski definition) is 1. The summed E-state index contributed by atoms with van der Waals surface area (Å²) in [5, 5.41) is 0.627. The summed E-state index contributed by atoms with van der Waals surface area (Å²) in [5.41, 5.74) is 7.26. The van der Waals surface area contributed by atoms with Gasteiger partial charge in [0, 0.05) is 5.88 Å². The number of alkyl halides is 1. The third kappa shape index (κ3) is 1.38. The number of fused-ring (bicyclic) bond motifs is 1. The zero-order valence-electron chi connectivity index (χ0n) is 6.68. The Balaban J connectivity index is 2.78. The molecule has 2 aromatic rings. The molecule has 0 saturated carbocycles. The average Bonchev–Trinajstić information content (AvgIpc) is 2.47. The van der Waals surface area contributed by atoms with Crippen molar-refractivity contribution in [3.8, 4) is 0 Å². The summed E-state index contributed by atoms with van der Waals surface area (Å²) >= 11 is 6.73. The Labute approximate surface area is 83.9 Å². The molecule has 0 bridgehead atoms. The quantitative estimate of drug-likeness (QED) is 0.573. The van der Waals surface area contributed by atoms with Crippen molar-refractivity contribution in [2.24, 2.45) is 0 Å². The molecular weight excluding hydrogens is 209 g/mol. The van der Waals surface area contributed by atoms with Gasteiger partial charge in [-0.15, -0.1) is 22.9 Å². The highest BCUT2D eigenvalue weighted by Crippen LogP contribution is 2.32. The minimum Gasteiger partial charge on any atom is -0.397 e. The Morgan fingerprint density at radius 3 is 2.92 bits per heavy atom. The van der Waals surface area contributed by atoms with Crippen LogP contribution in [0.5, 0.6) is 0 Å². The van der Waals surface area contributed by atoms with Crippen molar-refractivity contribution in [1.29, 1.82) is 0 Å². The van der Waals surface area contributed by atoms with Crippen LogP contribution in [0, 0.1) is 5.13 Å². The fourth-order valence-electron chi connectivity index (χ4n) is 1.25. The number of rotatable bonds is 1. The lowest BCUT2D eigenvalue weighted by Gasteiger charge is -2.01. The number of halogens is 2. The SMILES string of the molecule is Nc1c(CCl)ccc2cc(F)sc12. The molecule has 0 saturated heterocycles. The lowest BCUT2D eigenvalue weighted by molar-refractivity contribution is 0.658. The second-order valence-electron chi connectivity index (χ2n) is 2.74. The fraction of sp³-hybridized carbons (Fsp3) is 0.111. The van der Waals surface area contributed by atoms with Crippen LogP contribution in [0.25, 0.3) is 10.1 Å². The number of nitrogens with two attached hydrogens (primary N) is 1. The molecule has 0 unspecified atom stereocenters. The van der Waals surface area contributed by atoms with Gasteiger partial charge in [-0.05, 0) is 17.0 Å². The molecule has 0 atom stereocenters.